The van der Waals surface area contributed by atoms with Crippen LogP contribution in [0.3, 0.4) is 0 Å². The van der Waals surface area contributed by atoms with Crippen molar-refractivity contribution in [1.82, 2.24) is 0 Å². The monoisotopic (exact) mass is 175 g/mol. The van der Waals surface area contributed by atoms with Crippen molar-refractivity contribution in [1.29, 1.82) is 0 Å². The molecule has 1 aliphatic carbocycles. The second kappa shape index (κ2) is 3.70. The van der Waals surface area contributed by atoms with Crippen LogP contribution in [-0.4, -0.2) is 31.8 Å². The summed E-state index contributed by atoms with van der Waals surface area (Å²) in [4.78, 5) is 0. The van der Waals surface area contributed by atoms with Crippen LogP contribution >= 0.6 is 0 Å². The second-order valence-corrected chi connectivity index (χ2v) is 3.22. The van der Waals surface area contributed by atoms with Crippen LogP contribution in [0.25, 0.3) is 0 Å². The molecule has 4 heteroatoms. The topological polar surface area (TPSA) is 64.7 Å². The molecule has 0 saturated heterocycles. The Morgan fingerprint density at radius 3 is 2.25 bits per heavy atom. The fourth-order valence-electron chi connectivity index (χ4n) is 1.72. The molecule has 12 heavy (non-hydrogen) atoms. The van der Waals surface area contributed by atoms with E-state index in [0.29, 0.717) is 12.5 Å². The third-order valence-corrected chi connectivity index (χ3v) is 2.77. The standard InChI is InChI=1S/C8H17NO3/c1-11-8(10,12-2)7-4-3-6(7)5-9/h6-7,10H,3-5,9H2,1-2H3. The minimum Gasteiger partial charge on any atom is -0.343 e. The summed E-state index contributed by atoms with van der Waals surface area (Å²) < 4.78 is 9.80. The summed E-state index contributed by atoms with van der Waals surface area (Å²) in [5, 5.41) is 9.75. The lowest BCUT2D eigenvalue weighted by atomic mass is 9.72. The fraction of sp³-hybridized carbons (Fsp3) is 1.00. The number of methoxy groups -OCH3 is 2. The SMILES string of the molecule is COC(O)(OC)C1CCC1CN. The molecule has 3 N–H and O–H groups in total. The van der Waals surface area contributed by atoms with E-state index in [1.807, 2.05) is 0 Å². The molecular formula is C8H17NO3. The Morgan fingerprint density at radius 1 is 1.42 bits per heavy atom. The van der Waals surface area contributed by atoms with E-state index >= 15 is 0 Å². The van der Waals surface area contributed by atoms with Gasteiger partial charge in [0.2, 0.25) is 0 Å². The van der Waals surface area contributed by atoms with Crippen LogP contribution in [0.2, 0.25) is 0 Å². The summed E-state index contributed by atoms with van der Waals surface area (Å²) in [6.07, 6.45) is 1.97. The van der Waals surface area contributed by atoms with Gasteiger partial charge >= 0.3 is 0 Å². The molecule has 0 aromatic rings. The molecule has 0 spiro atoms. The average molecular weight is 175 g/mol. The number of ether oxygens (including phenoxy) is 2. The highest BCUT2D eigenvalue weighted by Crippen LogP contribution is 2.41. The van der Waals surface area contributed by atoms with Crippen LogP contribution in [0.5, 0.6) is 0 Å². The van der Waals surface area contributed by atoms with Gasteiger partial charge in [-0.2, -0.15) is 0 Å². The lowest BCUT2D eigenvalue weighted by Gasteiger charge is -2.44. The Hall–Kier alpha value is -0.160. The summed E-state index contributed by atoms with van der Waals surface area (Å²) in [5.41, 5.74) is 5.51. The molecule has 2 atom stereocenters. The van der Waals surface area contributed by atoms with Gasteiger partial charge in [0.15, 0.2) is 0 Å². The molecule has 0 aliphatic heterocycles. The largest absolute Gasteiger partial charge is 0.343 e. The summed E-state index contributed by atoms with van der Waals surface area (Å²) in [6, 6.07) is 0. The van der Waals surface area contributed by atoms with E-state index in [0.717, 1.165) is 12.8 Å². The molecule has 0 amide bonds. The van der Waals surface area contributed by atoms with Gasteiger partial charge in [0.05, 0.1) is 0 Å². The van der Waals surface area contributed by atoms with Gasteiger partial charge in [0.1, 0.15) is 0 Å². The molecule has 0 radical (unpaired) electrons. The van der Waals surface area contributed by atoms with Crippen molar-refractivity contribution in [2.24, 2.45) is 17.6 Å². The first-order valence-corrected chi connectivity index (χ1v) is 4.20. The molecule has 72 valence electrons. The van der Waals surface area contributed by atoms with Gasteiger partial charge in [0, 0.05) is 20.1 Å². The highest BCUT2D eigenvalue weighted by Gasteiger charge is 2.47. The summed E-state index contributed by atoms with van der Waals surface area (Å²) in [5.74, 6) is -1.07. The summed E-state index contributed by atoms with van der Waals surface area (Å²) in [6.45, 7) is 0.583. The first-order chi connectivity index (χ1) is 5.68. The van der Waals surface area contributed by atoms with Gasteiger partial charge in [-0.05, 0) is 25.3 Å². The Labute approximate surface area is 72.6 Å². The van der Waals surface area contributed by atoms with Gasteiger partial charge in [-0.25, -0.2) is 0 Å². The third-order valence-electron chi connectivity index (χ3n) is 2.77. The predicted molar refractivity (Wildman–Crippen MR) is 44.2 cm³/mol. The van der Waals surface area contributed by atoms with Crippen molar-refractivity contribution in [2.75, 3.05) is 20.8 Å². The van der Waals surface area contributed by atoms with E-state index in [1.165, 1.54) is 14.2 Å². The van der Waals surface area contributed by atoms with Crippen LogP contribution in [0.15, 0.2) is 0 Å². The number of aliphatic hydroxyl groups is 1. The van der Waals surface area contributed by atoms with Crippen molar-refractivity contribution in [2.45, 2.75) is 18.8 Å². The zero-order valence-electron chi connectivity index (χ0n) is 7.62. The molecule has 2 unspecified atom stereocenters. The van der Waals surface area contributed by atoms with E-state index < -0.39 is 5.97 Å². The first-order valence-electron chi connectivity index (χ1n) is 4.20. The minimum absolute atomic E-state index is 0.0255. The maximum Gasteiger partial charge on any atom is 0.283 e. The Bertz CT molecular complexity index is 145. The van der Waals surface area contributed by atoms with Gasteiger partial charge < -0.3 is 20.3 Å². The fourth-order valence-corrected chi connectivity index (χ4v) is 1.72. The van der Waals surface area contributed by atoms with E-state index in [-0.39, 0.29) is 5.92 Å². The summed E-state index contributed by atoms with van der Waals surface area (Å²) >= 11 is 0. The number of hydrogen-bond acceptors (Lipinski definition) is 4. The van der Waals surface area contributed by atoms with Crippen LogP contribution in [0, 0.1) is 11.8 Å². The molecule has 1 rings (SSSR count). The van der Waals surface area contributed by atoms with Crippen molar-refractivity contribution in [3.63, 3.8) is 0 Å². The van der Waals surface area contributed by atoms with Gasteiger partial charge in [-0.1, -0.05) is 0 Å². The normalized spacial score (nSPS) is 30.0. The predicted octanol–water partition coefficient (Wildman–Crippen LogP) is -0.0898. The van der Waals surface area contributed by atoms with E-state index in [2.05, 4.69) is 0 Å². The van der Waals surface area contributed by atoms with Gasteiger partial charge in [0.25, 0.3) is 5.97 Å². The smallest absolute Gasteiger partial charge is 0.283 e. The number of rotatable bonds is 4. The first kappa shape index (κ1) is 9.92. The van der Waals surface area contributed by atoms with Crippen molar-refractivity contribution in [3.8, 4) is 0 Å². The van der Waals surface area contributed by atoms with Gasteiger partial charge in [-0.15, -0.1) is 0 Å². The zero-order chi connectivity index (χ0) is 9.19. The van der Waals surface area contributed by atoms with E-state index in [1.54, 1.807) is 0 Å². The maximum absolute atomic E-state index is 9.75. The minimum atomic E-state index is -1.43. The van der Waals surface area contributed by atoms with Crippen molar-refractivity contribution in [3.05, 3.63) is 0 Å². The molecule has 1 saturated carbocycles. The van der Waals surface area contributed by atoms with E-state index in [4.69, 9.17) is 15.2 Å². The maximum atomic E-state index is 9.75. The number of hydrogen-bond donors (Lipinski definition) is 2. The molecule has 0 aromatic heterocycles. The molecule has 1 fully saturated rings. The molecule has 1 aliphatic rings. The second-order valence-electron chi connectivity index (χ2n) is 3.22. The average Bonchev–Trinajstić information content (AvgIpc) is 2.03. The van der Waals surface area contributed by atoms with Crippen LogP contribution in [-0.2, 0) is 9.47 Å². The molecule has 4 nitrogen and oxygen atoms in total. The highest BCUT2D eigenvalue weighted by molar-refractivity contribution is 4.86. The number of nitrogens with two attached hydrogens (primary N) is 1. The third kappa shape index (κ3) is 1.47. The van der Waals surface area contributed by atoms with Crippen LogP contribution < -0.4 is 5.73 Å². The van der Waals surface area contributed by atoms with E-state index in [9.17, 15) is 5.11 Å². The highest BCUT2D eigenvalue weighted by atomic mass is 16.8. The Balaban J connectivity index is 2.54. The van der Waals surface area contributed by atoms with Crippen molar-refractivity contribution >= 4 is 0 Å². The Morgan fingerprint density at radius 2 is 2.00 bits per heavy atom. The quantitative estimate of drug-likeness (QED) is 0.586. The van der Waals surface area contributed by atoms with Crippen molar-refractivity contribution < 1.29 is 14.6 Å². The Kier molecular flexibility index (Phi) is 3.06. The lowest BCUT2D eigenvalue weighted by molar-refractivity contribution is -0.385. The molecular weight excluding hydrogens is 158 g/mol. The molecule has 0 heterocycles. The lowest BCUT2D eigenvalue weighted by Crippen LogP contribution is -2.51. The summed E-state index contributed by atoms with van der Waals surface area (Å²) in [7, 11) is 2.88. The van der Waals surface area contributed by atoms with Gasteiger partial charge in [-0.3, -0.25) is 0 Å². The molecule has 0 bridgehead atoms. The zero-order valence-corrected chi connectivity index (χ0v) is 7.62. The molecule has 0 aromatic carbocycles. The van der Waals surface area contributed by atoms with Crippen LogP contribution in [0.4, 0.5) is 0 Å². The van der Waals surface area contributed by atoms with Crippen LogP contribution in [0.1, 0.15) is 12.8 Å².